The van der Waals surface area contributed by atoms with E-state index in [9.17, 15) is 5.11 Å². The SMILES string of the molecule is CC/C=C\c1cccc(O)c1NOc1cccc(C)c1C.CCC. The highest BCUT2D eigenvalue weighted by molar-refractivity contribution is 5.71. The zero-order valence-corrected chi connectivity index (χ0v) is 15.4. The first-order valence-corrected chi connectivity index (χ1v) is 8.52. The molecule has 0 fully saturated rings. The number of nitrogens with one attached hydrogen (secondary N) is 1. The number of phenolic OH excluding ortho intramolecular Hbond substituents is 1. The van der Waals surface area contributed by atoms with Crippen LogP contribution in [0.4, 0.5) is 5.69 Å². The molecule has 2 N–H and O–H groups in total. The zero-order chi connectivity index (χ0) is 17.9. The van der Waals surface area contributed by atoms with Gasteiger partial charge in [-0.05, 0) is 43.5 Å². The molecule has 24 heavy (non-hydrogen) atoms. The largest absolute Gasteiger partial charge is 0.506 e. The van der Waals surface area contributed by atoms with Gasteiger partial charge in [0.1, 0.15) is 11.4 Å². The summed E-state index contributed by atoms with van der Waals surface area (Å²) in [5.74, 6) is 0.919. The first-order valence-electron chi connectivity index (χ1n) is 8.52. The molecule has 3 heteroatoms. The van der Waals surface area contributed by atoms with Crippen molar-refractivity contribution in [3.63, 3.8) is 0 Å². The summed E-state index contributed by atoms with van der Waals surface area (Å²) in [5.41, 5.74) is 6.58. The van der Waals surface area contributed by atoms with Crippen LogP contribution in [0, 0.1) is 13.8 Å². The molecule has 0 bridgehead atoms. The van der Waals surface area contributed by atoms with Crippen molar-refractivity contribution in [2.45, 2.75) is 47.5 Å². The fourth-order valence-corrected chi connectivity index (χ4v) is 1.99. The number of anilines is 1. The zero-order valence-electron chi connectivity index (χ0n) is 15.4. The van der Waals surface area contributed by atoms with E-state index in [1.165, 1.54) is 6.42 Å². The highest BCUT2D eigenvalue weighted by Gasteiger charge is 2.08. The van der Waals surface area contributed by atoms with Crippen LogP contribution in [0.2, 0.25) is 0 Å². The Balaban J connectivity index is 0.000000891. The normalized spacial score (nSPS) is 10.2. The van der Waals surface area contributed by atoms with Crippen LogP contribution in [0.15, 0.2) is 42.5 Å². The average Bonchev–Trinajstić information content (AvgIpc) is 2.56. The number of hydrogen-bond acceptors (Lipinski definition) is 3. The fourth-order valence-electron chi connectivity index (χ4n) is 1.99. The second-order valence-corrected chi connectivity index (χ2v) is 5.66. The molecule has 130 valence electrons. The highest BCUT2D eigenvalue weighted by Crippen LogP contribution is 2.29. The molecule has 0 aliphatic carbocycles. The Kier molecular flexibility index (Phi) is 8.48. The summed E-state index contributed by atoms with van der Waals surface area (Å²) in [7, 11) is 0. The van der Waals surface area contributed by atoms with Crippen LogP contribution >= 0.6 is 0 Å². The maximum atomic E-state index is 10.0. The maximum Gasteiger partial charge on any atom is 0.158 e. The number of phenols is 1. The number of aromatic hydroxyl groups is 1. The van der Waals surface area contributed by atoms with E-state index < -0.39 is 0 Å². The molecule has 2 aromatic rings. The Labute approximate surface area is 146 Å². The van der Waals surface area contributed by atoms with Crippen molar-refractivity contribution in [3.8, 4) is 11.5 Å². The summed E-state index contributed by atoms with van der Waals surface area (Å²) in [4.78, 5) is 5.66. The van der Waals surface area contributed by atoms with Crippen molar-refractivity contribution >= 4 is 11.8 Å². The fraction of sp³-hybridized carbons (Fsp3) is 0.333. The molecule has 0 heterocycles. The number of hydrogen-bond donors (Lipinski definition) is 2. The molecule has 0 aliphatic rings. The molecule has 0 saturated heterocycles. The molecular weight excluding hydrogens is 298 g/mol. The van der Waals surface area contributed by atoms with E-state index in [-0.39, 0.29) is 5.75 Å². The molecule has 0 saturated carbocycles. The van der Waals surface area contributed by atoms with Crippen molar-refractivity contribution in [2.24, 2.45) is 0 Å². The molecular formula is C21H29NO2. The van der Waals surface area contributed by atoms with Gasteiger partial charge in [0, 0.05) is 5.56 Å². The molecule has 0 radical (unpaired) electrons. The molecule has 3 nitrogen and oxygen atoms in total. The highest BCUT2D eigenvalue weighted by atomic mass is 16.6. The van der Waals surface area contributed by atoms with Gasteiger partial charge in [-0.1, -0.05) is 63.6 Å². The van der Waals surface area contributed by atoms with Crippen LogP contribution in [-0.4, -0.2) is 5.11 Å². The lowest BCUT2D eigenvalue weighted by Gasteiger charge is -2.14. The Hall–Kier alpha value is -2.42. The minimum Gasteiger partial charge on any atom is -0.506 e. The quantitative estimate of drug-likeness (QED) is 0.503. The topological polar surface area (TPSA) is 41.5 Å². The lowest BCUT2D eigenvalue weighted by Crippen LogP contribution is -2.07. The van der Waals surface area contributed by atoms with E-state index in [0.717, 1.165) is 28.9 Å². The van der Waals surface area contributed by atoms with E-state index in [1.807, 2.05) is 56.3 Å². The van der Waals surface area contributed by atoms with Crippen LogP contribution in [0.5, 0.6) is 11.5 Å². The molecule has 0 aromatic heterocycles. The number of rotatable bonds is 5. The van der Waals surface area contributed by atoms with Crippen molar-refractivity contribution in [2.75, 3.05) is 5.48 Å². The lowest BCUT2D eigenvalue weighted by molar-refractivity contribution is 0.393. The third-order valence-corrected chi connectivity index (χ3v) is 3.43. The standard InChI is InChI=1S/C18H21NO2.C3H8/c1-4-5-9-15-10-7-11-16(20)18(15)19-21-17-12-6-8-13(2)14(17)3;1-3-2/h5-12,19-20H,4H2,1-3H3;3H2,1-2H3/b9-5-;. The molecule has 2 aromatic carbocycles. The monoisotopic (exact) mass is 327 g/mol. The average molecular weight is 327 g/mol. The van der Waals surface area contributed by atoms with Crippen molar-refractivity contribution in [1.29, 1.82) is 0 Å². The lowest BCUT2D eigenvalue weighted by atomic mass is 10.1. The molecule has 0 atom stereocenters. The minimum absolute atomic E-state index is 0.165. The summed E-state index contributed by atoms with van der Waals surface area (Å²) in [6.07, 6.45) is 6.19. The molecule has 0 spiro atoms. The van der Waals surface area contributed by atoms with E-state index in [4.69, 9.17) is 4.84 Å². The number of allylic oxidation sites excluding steroid dienone is 1. The second-order valence-electron chi connectivity index (χ2n) is 5.66. The first-order chi connectivity index (χ1) is 11.5. The van der Waals surface area contributed by atoms with Gasteiger partial charge in [-0.2, -0.15) is 0 Å². The van der Waals surface area contributed by atoms with Crippen LogP contribution in [-0.2, 0) is 0 Å². The second kappa shape index (κ2) is 10.4. The molecule has 0 aliphatic heterocycles. The van der Waals surface area contributed by atoms with E-state index in [2.05, 4.69) is 26.3 Å². The van der Waals surface area contributed by atoms with Crippen LogP contribution in [0.3, 0.4) is 0 Å². The summed E-state index contributed by atoms with van der Waals surface area (Å²) in [6.45, 7) is 10.4. The Morgan fingerprint density at radius 2 is 1.71 bits per heavy atom. The van der Waals surface area contributed by atoms with Crippen molar-refractivity contribution in [3.05, 3.63) is 59.2 Å². The van der Waals surface area contributed by atoms with Crippen LogP contribution in [0.1, 0.15) is 50.3 Å². The van der Waals surface area contributed by atoms with Gasteiger partial charge in [0.05, 0.1) is 0 Å². The van der Waals surface area contributed by atoms with E-state index >= 15 is 0 Å². The van der Waals surface area contributed by atoms with E-state index in [1.54, 1.807) is 6.07 Å². The van der Waals surface area contributed by atoms with Gasteiger partial charge >= 0.3 is 0 Å². The Morgan fingerprint density at radius 3 is 2.38 bits per heavy atom. The van der Waals surface area contributed by atoms with Crippen molar-refractivity contribution in [1.82, 2.24) is 0 Å². The predicted molar refractivity (Wildman–Crippen MR) is 104 cm³/mol. The van der Waals surface area contributed by atoms with Gasteiger partial charge < -0.3 is 9.94 Å². The van der Waals surface area contributed by atoms with Gasteiger partial charge in [0.2, 0.25) is 0 Å². The molecule has 0 amide bonds. The van der Waals surface area contributed by atoms with Gasteiger partial charge in [-0.25, -0.2) is 5.48 Å². The molecule has 2 rings (SSSR count). The number of aryl methyl sites for hydroxylation is 1. The number of para-hydroxylation sites is 1. The van der Waals surface area contributed by atoms with Crippen molar-refractivity contribution < 1.29 is 9.94 Å². The summed E-state index contributed by atoms with van der Waals surface area (Å²) < 4.78 is 0. The third kappa shape index (κ3) is 5.65. The summed E-state index contributed by atoms with van der Waals surface area (Å²) in [6, 6.07) is 11.3. The summed E-state index contributed by atoms with van der Waals surface area (Å²) in [5, 5.41) is 10.0. The number of benzene rings is 2. The van der Waals surface area contributed by atoms with E-state index in [0.29, 0.717) is 5.69 Å². The predicted octanol–water partition coefficient (Wildman–Crippen LogP) is 6.25. The molecule has 0 unspecified atom stereocenters. The van der Waals surface area contributed by atoms with Gasteiger partial charge in [0.25, 0.3) is 0 Å². The Morgan fingerprint density at radius 1 is 1.04 bits per heavy atom. The summed E-state index contributed by atoms with van der Waals surface area (Å²) >= 11 is 0. The van der Waals surface area contributed by atoms with Crippen LogP contribution in [0.25, 0.3) is 6.08 Å². The van der Waals surface area contributed by atoms with Gasteiger partial charge in [-0.3, -0.25) is 0 Å². The smallest absolute Gasteiger partial charge is 0.158 e. The Bertz CT molecular complexity index is 663. The van der Waals surface area contributed by atoms with Crippen LogP contribution < -0.4 is 10.3 Å². The van der Waals surface area contributed by atoms with Gasteiger partial charge in [0.15, 0.2) is 5.75 Å². The maximum absolute atomic E-state index is 10.0. The third-order valence-electron chi connectivity index (χ3n) is 3.43. The first kappa shape index (κ1) is 19.6. The minimum atomic E-state index is 0.165. The van der Waals surface area contributed by atoms with Gasteiger partial charge in [-0.15, -0.1) is 0 Å².